The molecule has 0 saturated heterocycles. The zero-order valence-corrected chi connectivity index (χ0v) is 15.8. The number of aromatic nitrogens is 2. The molecule has 2 aromatic carbocycles. The van der Waals surface area contributed by atoms with Crippen molar-refractivity contribution in [2.45, 2.75) is 13.5 Å². The average Bonchev–Trinajstić information content (AvgIpc) is 3.21. The number of carbonyl (C=O) groups excluding carboxylic acids is 1. The lowest BCUT2D eigenvalue weighted by molar-refractivity contribution is 0.0526. The second-order valence-electron chi connectivity index (χ2n) is 6.23. The van der Waals surface area contributed by atoms with Crippen LogP contribution in [0, 0.1) is 0 Å². The van der Waals surface area contributed by atoms with Gasteiger partial charge in [0.2, 0.25) is 12.7 Å². The van der Waals surface area contributed by atoms with Gasteiger partial charge in [-0.05, 0) is 55.0 Å². The summed E-state index contributed by atoms with van der Waals surface area (Å²) in [6.45, 7) is 2.96. The summed E-state index contributed by atoms with van der Waals surface area (Å²) in [7, 11) is 0. The number of fused-ring (bicyclic) bond motifs is 1. The Morgan fingerprint density at radius 2 is 1.93 bits per heavy atom. The summed E-state index contributed by atoms with van der Waals surface area (Å²) < 4.78 is 15.7. The predicted molar refractivity (Wildman–Crippen MR) is 108 cm³/mol. The number of anilines is 3. The number of nitrogens with zero attached hydrogens (tertiary/aromatic N) is 2. The minimum atomic E-state index is -0.343. The first-order valence-corrected chi connectivity index (χ1v) is 9.21. The van der Waals surface area contributed by atoms with Crippen LogP contribution in [-0.2, 0) is 11.3 Å². The molecule has 3 aromatic rings. The first-order chi connectivity index (χ1) is 14.2. The van der Waals surface area contributed by atoms with Gasteiger partial charge in [-0.2, -0.15) is 4.98 Å². The highest BCUT2D eigenvalue weighted by molar-refractivity contribution is 5.89. The zero-order valence-electron chi connectivity index (χ0n) is 15.8. The standard InChI is InChI=1S/C21H20N4O4/c1-2-27-20(26)15-4-6-16(7-5-15)24-21-22-10-9-19(25-21)23-12-14-3-8-17-18(11-14)29-13-28-17/h3-11H,2,12-13H2,1H3,(H2,22,23,24,25). The van der Waals surface area contributed by atoms with Gasteiger partial charge in [0.25, 0.3) is 0 Å². The fourth-order valence-electron chi connectivity index (χ4n) is 2.79. The Bertz CT molecular complexity index is 1010. The van der Waals surface area contributed by atoms with Crippen molar-refractivity contribution in [1.82, 2.24) is 9.97 Å². The fourth-order valence-corrected chi connectivity index (χ4v) is 2.79. The van der Waals surface area contributed by atoms with Gasteiger partial charge >= 0.3 is 5.97 Å². The topological polar surface area (TPSA) is 94.6 Å². The Hall–Kier alpha value is -3.81. The highest BCUT2D eigenvalue weighted by Crippen LogP contribution is 2.32. The SMILES string of the molecule is CCOC(=O)c1ccc(Nc2nccc(NCc3ccc4c(c3)OCO4)n2)cc1. The molecule has 0 bridgehead atoms. The van der Waals surface area contributed by atoms with E-state index in [1.165, 1.54) is 0 Å². The zero-order chi connectivity index (χ0) is 20.1. The number of hydrogen-bond acceptors (Lipinski definition) is 8. The Morgan fingerprint density at radius 1 is 1.10 bits per heavy atom. The monoisotopic (exact) mass is 392 g/mol. The molecule has 0 amide bonds. The minimum Gasteiger partial charge on any atom is -0.462 e. The maximum atomic E-state index is 11.7. The van der Waals surface area contributed by atoms with Gasteiger partial charge in [-0.25, -0.2) is 9.78 Å². The molecule has 8 heteroatoms. The van der Waals surface area contributed by atoms with Gasteiger partial charge in [-0.1, -0.05) is 6.07 Å². The molecule has 1 aliphatic heterocycles. The molecule has 1 aromatic heterocycles. The smallest absolute Gasteiger partial charge is 0.338 e. The lowest BCUT2D eigenvalue weighted by atomic mass is 10.2. The van der Waals surface area contributed by atoms with Crippen LogP contribution in [0.15, 0.2) is 54.7 Å². The molecule has 2 N–H and O–H groups in total. The number of esters is 1. The van der Waals surface area contributed by atoms with Gasteiger partial charge in [0, 0.05) is 18.4 Å². The van der Waals surface area contributed by atoms with Gasteiger partial charge in [0.15, 0.2) is 11.5 Å². The van der Waals surface area contributed by atoms with Crippen molar-refractivity contribution < 1.29 is 19.0 Å². The summed E-state index contributed by atoms with van der Waals surface area (Å²) in [6.07, 6.45) is 1.67. The first-order valence-electron chi connectivity index (χ1n) is 9.21. The van der Waals surface area contributed by atoms with Crippen molar-refractivity contribution in [3.8, 4) is 11.5 Å². The second-order valence-corrected chi connectivity index (χ2v) is 6.23. The van der Waals surface area contributed by atoms with Crippen LogP contribution >= 0.6 is 0 Å². The van der Waals surface area contributed by atoms with Crippen LogP contribution in [0.4, 0.5) is 17.5 Å². The van der Waals surface area contributed by atoms with Crippen LogP contribution in [0.5, 0.6) is 11.5 Å². The number of nitrogens with one attached hydrogen (secondary N) is 2. The Labute approximate surface area is 167 Å². The number of hydrogen-bond donors (Lipinski definition) is 2. The number of benzene rings is 2. The maximum Gasteiger partial charge on any atom is 0.338 e. The number of ether oxygens (including phenoxy) is 3. The lowest BCUT2D eigenvalue weighted by Gasteiger charge is -2.09. The molecule has 8 nitrogen and oxygen atoms in total. The Morgan fingerprint density at radius 3 is 2.76 bits per heavy atom. The third-order valence-corrected chi connectivity index (χ3v) is 4.22. The molecule has 148 valence electrons. The van der Waals surface area contributed by atoms with Crippen LogP contribution in [0.25, 0.3) is 0 Å². The molecule has 0 unspecified atom stereocenters. The van der Waals surface area contributed by atoms with Crippen LogP contribution in [-0.4, -0.2) is 29.3 Å². The Balaban J connectivity index is 1.38. The van der Waals surface area contributed by atoms with Crippen LogP contribution in [0.3, 0.4) is 0 Å². The largest absolute Gasteiger partial charge is 0.462 e. The average molecular weight is 392 g/mol. The van der Waals surface area contributed by atoms with Crippen molar-refractivity contribution in [2.75, 3.05) is 24.0 Å². The second kappa shape index (κ2) is 8.47. The highest BCUT2D eigenvalue weighted by atomic mass is 16.7. The first kappa shape index (κ1) is 18.5. The van der Waals surface area contributed by atoms with Gasteiger partial charge in [-0.15, -0.1) is 0 Å². The van der Waals surface area contributed by atoms with E-state index in [9.17, 15) is 4.79 Å². The van der Waals surface area contributed by atoms with E-state index in [-0.39, 0.29) is 12.8 Å². The lowest BCUT2D eigenvalue weighted by Crippen LogP contribution is -2.05. The summed E-state index contributed by atoms with van der Waals surface area (Å²) in [5, 5.41) is 6.39. The fraction of sp³-hybridized carbons (Fsp3) is 0.190. The van der Waals surface area contributed by atoms with Gasteiger partial charge < -0.3 is 24.8 Å². The summed E-state index contributed by atoms with van der Waals surface area (Å²) in [6, 6.07) is 14.6. The van der Waals surface area contributed by atoms with E-state index in [4.69, 9.17) is 14.2 Å². The van der Waals surface area contributed by atoms with E-state index in [1.54, 1.807) is 43.5 Å². The molecule has 1 aliphatic rings. The Kier molecular flexibility index (Phi) is 5.42. The molecule has 0 atom stereocenters. The molecule has 0 spiro atoms. The summed E-state index contributed by atoms with van der Waals surface area (Å²) in [4.78, 5) is 20.4. The third kappa shape index (κ3) is 4.55. The van der Waals surface area contributed by atoms with Gasteiger partial charge in [0.1, 0.15) is 5.82 Å². The van der Waals surface area contributed by atoms with E-state index in [0.29, 0.717) is 30.5 Å². The van der Waals surface area contributed by atoms with Crippen molar-refractivity contribution in [3.63, 3.8) is 0 Å². The molecule has 0 radical (unpaired) electrons. The minimum absolute atomic E-state index is 0.258. The third-order valence-electron chi connectivity index (χ3n) is 4.22. The molecule has 0 saturated carbocycles. The van der Waals surface area contributed by atoms with E-state index in [0.717, 1.165) is 22.7 Å². The summed E-state index contributed by atoms with van der Waals surface area (Å²) >= 11 is 0. The summed E-state index contributed by atoms with van der Waals surface area (Å²) in [5.41, 5.74) is 2.32. The maximum absolute atomic E-state index is 11.7. The molecular formula is C21H20N4O4. The quantitative estimate of drug-likeness (QED) is 0.587. The molecule has 4 rings (SSSR count). The van der Waals surface area contributed by atoms with Crippen molar-refractivity contribution in [2.24, 2.45) is 0 Å². The van der Waals surface area contributed by atoms with Crippen molar-refractivity contribution in [3.05, 3.63) is 65.9 Å². The van der Waals surface area contributed by atoms with Gasteiger partial charge in [-0.3, -0.25) is 0 Å². The van der Waals surface area contributed by atoms with Crippen LogP contribution in [0.2, 0.25) is 0 Å². The number of carbonyl (C=O) groups is 1. The summed E-state index contributed by atoms with van der Waals surface area (Å²) in [5.74, 6) is 2.30. The molecule has 2 heterocycles. The van der Waals surface area contributed by atoms with Crippen LogP contribution < -0.4 is 20.1 Å². The predicted octanol–water partition coefficient (Wildman–Crippen LogP) is 3.74. The van der Waals surface area contributed by atoms with Crippen molar-refractivity contribution >= 4 is 23.4 Å². The molecule has 29 heavy (non-hydrogen) atoms. The van der Waals surface area contributed by atoms with E-state index in [2.05, 4.69) is 20.6 Å². The van der Waals surface area contributed by atoms with Crippen molar-refractivity contribution in [1.29, 1.82) is 0 Å². The molecular weight excluding hydrogens is 372 g/mol. The van der Waals surface area contributed by atoms with E-state index in [1.807, 2.05) is 18.2 Å². The molecule has 0 aliphatic carbocycles. The number of rotatable bonds is 7. The van der Waals surface area contributed by atoms with E-state index < -0.39 is 0 Å². The van der Waals surface area contributed by atoms with Gasteiger partial charge in [0.05, 0.1) is 12.2 Å². The molecule has 0 fully saturated rings. The normalized spacial score (nSPS) is 11.8. The highest BCUT2D eigenvalue weighted by Gasteiger charge is 2.13. The van der Waals surface area contributed by atoms with Crippen LogP contribution in [0.1, 0.15) is 22.8 Å². The van der Waals surface area contributed by atoms with E-state index >= 15 is 0 Å².